The number of carbonyl (C=O) groups is 2. The number of primary amides is 1. The van der Waals surface area contributed by atoms with Crippen molar-refractivity contribution in [3.8, 4) is 0 Å². The zero-order chi connectivity index (χ0) is 22.9. The average molecular weight is 440 g/mol. The van der Waals surface area contributed by atoms with Crippen molar-refractivity contribution in [1.29, 1.82) is 0 Å². The summed E-state index contributed by atoms with van der Waals surface area (Å²) in [5, 5.41) is 6.27. The van der Waals surface area contributed by atoms with Crippen molar-refractivity contribution in [1.82, 2.24) is 14.9 Å². The van der Waals surface area contributed by atoms with Crippen LogP contribution in [0.1, 0.15) is 18.3 Å². The minimum absolute atomic E-state index is 0.0411. The van der Waals surface area contributed by atoms with Crippen molar-refractivity contribution in [2.75, 3.05) is 11.9 Å². The van der Waals surface area contributed by atoms with Crippen LogP contribution in [0, 0.1) is 5.92 Å². The monoisotopic (exact) mass is 439 g/mol. The lowest BCUT2D eigenvalue weighted by atomic mass is 9.99. The Balaban J connectivity index is 1.49. The first-order chi connectivity index (χ1) is 16.0. The molecule has 7 nitrogen and oxygen atoms in total. The molecule has 0 spiro atoms. The van der Waals surface area contributed by atoms with Gasteiger partial charge < -0.3 is 16.0 Å². The normalized spacial score (nSPS) is 18.3. The van der Waals surface area contributed by atoms with Crippen LogP contribution in [0.25, 0.3) is 21.7 Å². The number of nitrogens with two attached hydrogens (primary N) is 1. The van der Waals surface area contributed by atoms with Crippen molar-refractivity contribution in [2.45, 2.75) is 25.9 Å². The molecule has 7 heteroatoms. The van der Waals surface area contributed by atoms with Crippen molar-refractivity contribution in [3.05, 3.63) is 78.1 Å². The van der Waals surface area contributed by atoms with Crippen LogP contribution >= 0.6 is 0 Å². The Labute approximate surface area is 191 Å². The van der Waals surface area contributed by atoms with Gasteiger partial charge in [0.1, 0.15) is 11.9 Å². The molecule has 1 aromatic heterocycles. The molecule has 2 bridgehead atoms. The maximum Gasteiger partial charge on any atom is 0.240 e. The predicted octanol–water partition coefficient (Wildman–Crippen LogP) is 3.27. The van der Waals surface area contributed by atoms with Gasteiger partial charge in [0.15, 0.2) is 5.82 Å². The zero-order valence-corrected chi connectivity index (χ0v) is 18.4. The maximum atomic E-state index is 13.4. The molecular formula is C26H25N5O2. The highest BCUT2D eigenvalue weighted by Gasteiger charge is 2.30. The van der Waals surface area contributed by atoms with E-state index >= 15 is 0 Å². The quantitative estimate of drug-likeness (QED) is 0.510. The largest absolute Gasteiger partial charge is 0.368 e. The van der Waals surface area contributed by atoms with Gasteiger partial charge in [-0.1, -0.05) is 61.5 Å². The van der Waals surface area contributed by atoms with Crippen molar-refractivity contribution in [3.63, 3.8) is 0 Å². The molecule has 0 saturated carbocycles. The highest BCUT2D eigenvalue weighted by molar-refractivity contribution is 5.92. The molecule has 1 unspecified atom stereocenters. The first kappa shape index (κ1) is 20.9. The number of fused-ring (bicyclic) bond motifs is 5. The Bertz CT molecular complexity index is 1370. The van der Waals surface area contributed by atoms with E-state index in [1.807, 2.05) is 67.6 Å². The summed E-state index contributed by atoms with van der Waals surface area (Å²) >= 11 is 0. The van der Waals surface area contributed by atoms with Crippen LogP contribution in [-0.4, -0.2) is 39.3 Å². The van der Waals surface area contributed by atoms with Crippen LogP contribution < -0.4 is 11.1 Å². The summed E-state index contributed by atoms with van der Waals surface area (Å²) in [6.45, 7) is 2.55. The summed E-state index contributed by atoms with van der Waals surface area (Å²) in [6.07, 6.45) is 0.257. The number of aromatic nitrogens is 2. The van der Waals surface area contributed by atoms with E-state index in [0.717, 1.165) is 27.2 Å². The molecule has 3 aromatic carbocycles. The second kappa shape index (κ2) is 8.50. The highest BCUT2D eigenvalue weighted by Crippen LogP contribution is 2.25. The van der Waals surface area contributed by atoms with Gasteiger partial charge >= 0.3 is 0 Å². The lowest BCUT2D eigenvalue weighted by molar-refractivity contribution is -0.132. The van der Waals surface area contributed by atoms with E-state index in [0.29, 0.717) is 18.2 Å². The molecular weight excluding hydrogens is 414 g/mol. The molecule has 0 aliphatic carbocycles. The Morgan fingerprint density at radius 3 is 2.61 bits per heavy atom. The molecule has 1 aliphatic rings. The SMILES string of the molecule is CC1CN(C(=O)Cc2ccc3ccccc3c2)Cc2nc(c3ccccc3n2)N[C@@H]1C(N)=O. The molecule has 0 saturated heterocycles. The van der Waals surface area contributed by atoms with E-state index in [2.05, 4.69) is 21.4 Å². The second-order valence-corrected chi connectivity index (χ2v) is 8.64. The summed E-state index contributed by atoms with van der Waals surface area (Å²) in [7, 11) is 0. The molecule has 33 heavy (non-hydrogen) atoms. The highest BCUT2D eigenvalue weighted by atomic mass is 16.2. The number of amides is 2. The molecule has 0 fully saturated rings. The Hall–Kier alpha value is -4.00. The van der Waals surface area contributed by atoms with E-state index in [4.69, 9.17) is 5.73 Å². The number of rotatable bonds is 3. The number of carbonyl (C=O) groups excluding carboxylic acids is 2. The van der Waals surface area contributed by atoms with E-state index in [1.54, 1.807) is 4.90 Å². The van der Waals surface area contributed by atoms with Crippen molar-refractivity contribution < 1.29 is 9.59 Å². The first-order valence-electron chi connectivity index (χ1n) is 11.0. The first-order valence-corrected chi connectivity index (χ1v) is 11.0. The average Bonchev–Trinajstić information content (AvgIpc) is 2.86. The molecule has 2 atom stereocenters. The fraction of sp³-hybridized carbons (Fsp3) is 0.231. The van der Waals surface area contributed by atoms with E-state index in [-0.39, 0.29) is 24.8 Å². The Kier molecular flexibility index (Phi) is 5.38. The van der Waals surface area contributed by atoms with Crippen molar-refractivity contribution >= 4 is 39.3 Å². The van der Waals surface area contributed by atoms with Gasteiger partial charge in [0, 0.05) is 17.8 Å². The van der Waals surface area contributed by atoms with Crippen LogP contribution in [0.5, 0.6) is 0 Å². The number of nitrogens with one attached hydrogen (secondary N) is 1. The van der Waals surface area contributed by atoms with Gasteiger partial charge in [0.05, 0.1) is 18.5 Å². The summed E-state index contributed by atoms with van der Waals surface area (Å²) < 4.78 is 0. The molecule has 2 heterocycles. The number of hydrogen-bond acceptors (Lipinski definition) is 5. The minimum atomic E-state index is -0.662. The van der Waals surface area contributed by atoms with Crippen molar-refractivity contribution in [2.24, 2.45) is 11.7 Å². The minimum Gasteiger partial charge on any atom is -0.368 e. The van der Waals surface area contributed by atoms with Crippen LogP contribution in [0.3, 0.4) is 0 Å². The zero-order valence-electron chi connectivity index (χ0n) is 18.4. The van der Waals surface area contributed by atoms with Gasteiger partial charge in [-0.3, -0.25) is 9.59 Å². The third kappa shape index (κ3) is 4.22. The topological polar surface area (TPSA) is 101 Å². The summed E-state index contributed by atoms with van der Waals surface area (Å²) in [6, 6.07) is 21.1. The fourth-order valence-electron chi connectivity index (χ4n) is 4.46. The van der Waals surface area contributed by atoms with Gasteiger partial charge in [-0.2, -0.15) is 0 Å². The van der Waals surface area contributed by atoms with Gasteiger partial charge in [-0.05, 0) is 28.5 Å². The summed E-state index contributed by atoms with van der Waals surface area (Å²) in [4.78, 5) is 36.7. The number of nitrogens with zero attached hydrogens (tertiary/aromatic N) is 3. The Morgan fingerprint density at radius 2 is 1.79 bits per heavy atom. The number of hydrogen-bond donors (Lipinski definition) is 2. The molecule has 166 valence electrons. The van der Waals surface area contributed by atoms with Crippen LogP contribution in [0.2, 0.25) is 0 Å². The fourth-order valence-corrected chi connectivity index (χ4v) is 4.46. The van der Waals surface area contributed by atoms with Crippen LogP contribution in [-0.2, 0) is 22.6 Å². The molecule has 2 amide bonds. The van der Waals surface area contributed by atoms with Gasteiger partial charge in [0.25, 0.3) is 0 Å². The van der Waals surface area contributed by atoms with Gasteiger partial charge in [-0.15, -0.1) is 0 Å². The molecule has 5 rings (SSSR count). The van der Waals surface area contributed by atoms with E-state index in [1.165, 1.54) is 0 Å². The van der Waals surface area contributed by atoms with Crippen LogP contribution in [0.4, 0.5) is 5.82 Å². The standard InChI is InChI=1S/C26H25N5O2/c1-16-14-31(23(32)13-17-10-11-18-6-2-3-7-19(18)12-17)15-22-28-21-9-5-4-8-20(21)26(29-22)30-24(16)25(27)33/h2-12,16,24H,13-15H2,1H3,(H2,27,33)(H,28,29,30)/t16?,24-/m0/s1. The smallest absolute Gasteiger partial charge is 0.240 e. The third-order valence-corrected chi connectivity index (χ3v) is 6.18. The molecule has 1 aliphatic heterocycles. The maximum absolute atomic E-state index is 13.4. The van der Waals surface area contributed by atoms with Crippen LogP contribution in [0.15, 0.2) is 66.7 Å². The molecule has 0 radical (unpaired) electrons. The second-order valence-electron chi connectivity index (χ2n) is 8.64. The lowest BCUT2D eigenvalue weighted by Gasteiger charge is -2.28. The van der Waals surface area contributed by atoms with E-state index < -0.39 is 11.9 Å². The molecule has 3 N–H and O–H groups in total. The number of anilines is 1. The lowest BCUT2D eigenvalue weighted by Crippen LogP contribution is -2.46. The van der Waals surface area contributed by atoms with Gasteiger partial charge in [0.2, 0.25) is 11.8 Å². The third-order valence-electron chi connectivity index (χ3n) is 6.18. The molecule has 4 aromatic rings. The van der Waals surface area contributed by atoms with Gasteiger partial charge in [-0.25, -0.2) is 9.97 Å². The summed E-state index contributed by atoms with van der Waals surface area (Å²) in [5.41, 5.74) is 7.42. The predicted molar refractivity (Wildman–Crippen MR) is 128 cm³/mol. The number of benzene rings is 3. The number of para-hydroxylation sites is 1. The van der Waals surface area contributed by atoms with E-state index in [9.17, 15) is 9.59 Å². The summed E-state index contributed by atoms with van der Waals surface area (Å²) in [5.74, 6) is 0.365. The Morgan fingerprint density at radius 1 is 1.03 bits per heavy atom.